The Morgan fingerprint density at radius 1 is 0.714 bits per heavy atom. The molecule has 0 spiro atoms. The van der Waals surface area contributed by atoms with Gasteiger partial charge in [-0.05, 0) is 92.3 Å². The van der Waals surface area contributed by atoms with Crippen molar-refractivity contribution in [2.24, 2.45) is 0 Å². The van der Waals surface area contributed by atoms with Gasteiger partial charge in [0.1, 0.15) is 5.82 Å². The number of carbonyl (C=O) groups is 1. The highest BCUT2D eigenvalue weighted by Crippen LogP contribution is 2.42. The molecule has 4 rings (SSSR count). The molecule has 226 valence electrons. The number of carbonyl (C=O) groups excluding carboxylic acids is 1. The molecule has 1 saturated carbocycles. The van der Waals surface area contributed by atoms with E-state index in [9.17, 15) is 26.7 Å². The minimum atomic E-state index is -1.40. The van der Waals surface area contributed by atoms with E-state index in [0.717, 1.165) is 25.3 Å². The first-order valence-electron chi connectivity index (χ1n) is 14.5. The smallest absolute Gasteiger partial charge is 0.346 e. The van der Waals surface area contributed by atoms with Crippen LogP contribution in [0.2, 0.25) is 0 Å². The van der Waals surface area contributed by atoms with Gasteiger partial charge < -0.3 is 14.2 Å². The van der Waals surface area contributed by atoms with Crippen LogP contribution in [0.5, 0.6) is 17.2 Å². The predicted octanol–water partition coefficient (Wildman–Crippen LogP) is 9.40. The number of halogens is 5. The fourth-order valence-electron chi connectivity index (χ4n) is 5.39. The summed E-state index contributed by atoms with van der Waals surface area (Å²) in [6, 6.07) is 9.31. The Morgan fingerprint density at radius 2 is 1.33 bits per heavy atom. The Balaban J connectivity index is 1.36. The number of rotatable bonds is 12. The molecular weight excluding hydrogens is 555 g/mol. The number of unbranched alkanes of at least 4 members (excludes halogenated alkanes) is 3. The zero-order valence-electron chi connectivity index (χ0n) is 23.8. The first-order valence-corrected chi connectivity index (χ1v) is 14.5. The third kappa shape index (κ3) is 7.23. The Bertz CT molecular complexity index is 1390. The molecule has 0 aromatic heterocycles. The molecule has 0 radical (unpaired) electrons. The van der Waals surface area contributed by atoms with E-state index in [2.05, 4.69) is 6.92 Å². The van der Waals surface area contributed by atoms with Gasteiger partial charge in [-0.25, -0.2) is 13.6 Å². The Hall–Kier alpha value is -3.62. The molecule has 1 aliphatic carbocycles. The van der Waals surface area contributed by atoms with Gasteiger partial charge >= 0.3 is 5.97 Å². The van der Waals surface area contributed by atoms with Gasteiger partial charge in [-0.1, -0.05) is 38.3 Å². The lowest BCUT2D eigenvalue weighted by molar-refractivity contribution is 0.0721. The first-order chi connectivity index (χ1) is 20.2. The molecule has 0 bridgehead atoms. The van der Waals surface area contributed by atoms with E-state index in [-0.39, 0.29) is 36.5 Å². The summed E-state index contributed by atoms with van der Waals surface area (Å²) in [5.74, 6) is -7.90. The van der Waals surface area contributed by atoms with Crippen LogP contribution in [-0.4, -0.2) is 19.2 Å². The molecule has 0 aliphatic heterocycles. The number of hydrogen-bond acceptors (Lipinski definition) is 4. The Morgan fingerprint density at radius 3 is 2.02 bits per heavy atom. The molecule has 42 heavy (non-hydrogen) atoms. The molecule has 4 nitrogen and oxygen atoms in total. The number of esters is 1. The molecule has 0 heterocycles. The van der Waals surface area contributed by atoms with Crippen LogP contribution in [0.1, 0.15) is 98.5 Å². The molecule has 0 amide bonds. The van der Waals surface area contributed by atoms with Crippen molar-refractivity contribution in [2.75, 3.05) is 13.2 Å². The summed E-state index contributed by atoms with van der Waals surface area (Å²) in [6.07, 6.45) is 6.02. The largest absolute Gasteiger partial charge is 0.491 e. The van der Waals surface area contributed by atoms with Gasteiger partial charge in [0.25, 0.3) is 0 Å². The number of ether oxygens (including phenoxy) is 3. The zero-order chi connectivity index (χ0) is 30.2. The van der Waals surface area contributed by atoms with Crippen LogP contribution in [-0.2, 0) is 0 Å². The second-order valence-electron chi connectivity index (χ2n) is 10.5. The van der Waals surface area contributed by atoms with Gasteiger partial charge in [0, 0.05) is 0 Å². The van der Waals surface area contributed by atoms with E-state index in [0.29, 0.717) is 43.2 Å². The van der Waals surface area contributed by atoms with Crippen LogP contribution in [0.15, 0.2) is 42.5 Å². The van der Waals surface area contributed by atoms with Gasteiger partial charge in [0.05, 0.1) is 18.8 Å². The van der Waals surface area contributed by atoms with Crippen molar-refractivity contribution in [1.82, 2.24) is 0 Å². The van der Waals surface area contributed by atoms with E-state index < -0.39 is 46.4 Å². The SMILES string of the molecule is CCCCCCOc1ccc(OC(=O)c2ccc(C3CCC(c4ccc(OCC)c(F)c4F)CC3)cc2F)c(F)c1F. The van der Waals surface area contributed by atoms with Crippen LogP contribution >= 0.6 is 0 Å². The molecule has 0 saturated heterocycles. The Labute approximate surface area is 242 Å². The molecule has 3 aromatic carbocycles. The third-order valence-corrected chi connectivity index (χ3v) is 7.70. The zero-order valence-corrected chi connectivity index (χ0v) is 23.8. The quantitative estimate of drug-likeness (QED) is 0.0913. The topological polar surface area (TPSA) is 44.8 Å². The third-order valence-electron chi connectivity index (χ3n) is 7.70. The van der Waals surface area contributed by atoms with Crippen molar-refractivity contribution < 1.29 is 41.0 Å². The molecular formula is C33H35F5O4. The van der Waals surface area contributed by atoms with Gasteiger partial charge in [0.2, 0.25) is 17.5 Å². The second kappa shape index (κ2) is 14.5. The maximum Gasteiger partial charge on any atom is 0.346 e. The lowest BCUT2D eigenvalue weighted by atomic mass is 9.76. The van der Waals surface area contributed by atoms with E-state index in [1.807, 2.05) is 0 Å². The standard InChI is InChI=1S/C33H35F5O4/c1-3-5-6-7-18-41-27-16-17-28(32(38)31(27)37)42-33(39)24-13-12-22(19-25(24)34)20-8-10-21(11-9-20)23-14-15-26(40-4-2)30(36)29(23)35/h12-17,19-21H,3-11,18H2,1-2H3. The first kappa shape index (κ1) is 31.3. The van der Waals surface area contributed by atoms with Crippen molar-refractivity contribution in [2.45, 2.75) is 77.0 Å². The van der Waals surface area contributed by atoms with Crippen LogP contribution in [0, 0.1) is 29.1 Å². The Kier molecular flexibility index (Phi) is 10.8. The molecule has 3 aromatic rings. The summed E-state index contributed by atoms with van der Waals surface area (Å²) in [6.45, 7) is 4.20. The molecule has 0 atom stereocenters. The summed E-state index contributed by atoms with van der Waals surface area (Å²) >= 11 is 0. The van der Waals surface area contributed by atoms with Crippen molar-refractivity contribution in [3.63, 3.8) is 0 Å². The van der Waals surface area contributed by atoms with E-state index in [1.54, 1.807) is 19.1 Å². The molecule has 0 N–H and O–H groups in total. The van der Waals surface area contributed by atoms with Crippen LogP contribution in [0.25, 0.3) is 0 Å². The monoisotopic (exact) mass is 590 g/mol. The highest BCUT2D eigenvalue weighted by molar-refractivity contribution is 5.91. The van der Waals surface area contributed by atoms with E-state index in [4.69, 9.17) is 14.2 Å². The normalized spacial score (nSPS) is 16.7. The van der Waals surface area contributed by atoms with Gasteiger partial charge in [0.15, 0.2) is 23.1 Å². The van der Waals surface area contributed by atoms with E-state index >= 15 is 0 Å². The average molecular weight is 591 g/mol. The minimum absolute atomic E-state index is 0.0440. The fourth-order valence-corrected chi connectivity index (χ4v) is 5.39. The predicted molar refractivity (Wildman–Crippen MR) is 149 cm³/mol. The van der Waals surface area contributed by atoms with Crippen molar-refractivity contribution >= 4 is 5.97 Å². The van der Waals surface area contributed by atoms with Gasteiger partial charge in [-0.2, -0.15) is 13.2 Å². The fraction of sp³-hybridized carbons (Fsp3) is 0.424. The highest BCUT2D eigenvalue weighted by Gasteiger charge is 2.28. The minimum Gasteiger partial charge on any atom is -0.491 e. The summed E-state index contributed by atoms with van der Waals surface area (Å²) in [4.78, 5) is 12.6. The van der Waals surface area contributed by atoms with Crippen LogP contribution in [0.4, 0.5) is 22.0 Å². The summed E-state index contributed by atoms with van der Waals surface area (Å²) < 4.78 is 88.4. The van der Waals surface area contributed by atoms with Gasteiger partial charge in [-0.3, -0.25) is 0 Å². The van der Waals surface area contributed by atoms with Crippen LogP contribution in [0.3, 0.4) is 0 Å². The van der Waals surface area contributed by atoms with Crippen LogP contribution < -0.4 is 14.2 Å². The molecule has 9 heteroatoms. The van der Waals surface area contributed by atoms with Crippen molar-refractivity contribution in [3.8, 4) is 17.2 Å². The lowest BCUT2D eigenvalue weighted by Gasteiger charge is -2.29. The maximum absolute atomic E-state index is 15.0. The maximum atomic E-state index is 15.0. The average Bonchev–Trinajstić information content (AvgIpc) is 2.99. The van der Waals surface area contributed by atoms with Crippen molar-refractivity contribution in [1.29, 1.82) is 0 Å². The lowest BCUT2D eigenvalue weighted by Crippen LogP contribution is -2.16. The molecule has 1 aliphatic rings. The molecule has 1 fully saturated rings. The van der Waals surface area contributed by atoms with E-state index in [1.165, 1.54) is 24.3 Å². The summed E-state index contributed by atoms with van der Waals surface area (Å²) in [5.41, 5.74) is 0.530. The number of hydrogen-bond donors (Lipinski definition) is 0. The summed E-state index contributed by atoms with van der Waals surface area (Å²) in [5, 5.41) is 0. The summed E-state index contributed by atoms with van der Waals surface area (Å²) in [7, 11) is 0. The second-order valence-corrected chi connectivity index (χ2v) is 10.5. The van der Waals surface area contributed by atoms with Gasteiger partial charge in [-0.15, -0.1) is 0 Å². The van der Waals surface area contributed by atoms with Crippen molar-refractivity contribution in [3.05, 3.63) is 88.2 Å². The highest BCUT2D eigenvalue weighted by atomic mass is 19.2. The molecule has 0 unspecified atom stereocenters. The number of benzene rings is 3.